The largest absolute Gasteiger partial charge is 0.481 e. The van der Waals surface area contributed by atoms with Crippen molar-refractivity contribution >= 4 is 11.7 Å². The molecule has 1 rings (SSSR count). The lowest BCUT2D eigenvalue weighted by Crippen LogP contribution is -2.36. The van der Waals surface area contributed by atoms with Gasteiger partial charge in [-0.1, -0.05) is 32.0 Å². The molecule has 1 aromatic carbocycles. The summed E-state index contributed by atoms with van der Waals surface area (Å²) in [6.07, 6.45) is 2.25. The number of para-hydroxylation sites is 1. The van der Waals surface area contributed by atoms with E-state index in [0.717, 1.165) is 18.5 Å². The minimum absolute atomic E-state index is 0.186. The molecular weight excluding hydrogens is 214 g/mol. The number of hydrogen-bond donors (Lipinski definition) is 1. The summed E-state index contributed by atoms with van der Waals surface area (Å²) >= 11 is 0. The highest BCUT2D eigenvalue weighted by Crippen LogP contribution is 2.20. The first-order chi connectivity index (χ1) is 8.19. The summed E-state index contributed by atoms with van der Waals surface area (Å²) in [7, 11) is 0. The molecule has 0 fully saturated rings. The van der Waals surface area contributed by atoms with Gasteiger partial charge < -0.3 is 10.0 Å². The molecule has 0 bridgehead atoms. The number of benzene rings is 1. The van der Waals surface area contributed by atoms with Crippen LogP contribution in [-0.2, 0) is 4.79 Å². The van der Waals surface area contributed by atoms with E-state index in [-0.39, 0.29) is 6.42 Å². The number of carbonyl (C=O) groups is 1. The Morgan fingerprint density at radius 1 is 1.24 bits per heavy atom. The van der Waals surface area contributed by atoms with Crippen LogP contribution in [0.25, 0.3) is 0 Å². The first kappa shape index (κ1) is 13.6. The van der Waals surface area contributed by atoms with Crippen molar-refractivity contribution in [3.05, 3.63) is 30.3 Å². The van der Waals surface area contributed by atoms with Gasteiger partial charge in [0.05, 0.1) is 6.42 Å². The first-order valence-electron chi connectivity index (χ1n) is 6.22. The van der Waals surface area contributed by atoms with E-state index in [1.807, 2.05) is 30.3 Å². The van der Waals surface area contributed by atoms with Crippen LogP contribution < -0.4 is 4.90 Å². The zero-order valence-corrected chi connectivity index (χ0v) is 10.6. The van der Waals surface area contributed by atoms with Gasteiger partial charge in [-0.3, -0.25) is 4.79 Å². The van der Waals surface area contributed by atoms with Crippen LogP contribution in [0.2, 0.25) is 0 Å². The molecule has 0 saturated carbocycles. The average Bonchev–Trinajstić information content (AvgIpc) is 2.35. The lowest BCUT2D eigenvalue weighted by atomic mass is 10.1. The lowest BCUT2D eigenvalue weighted by molar-refractivity contribution is -0.136. The molecule has 3 nitrogen and oxygen atoms in total. The monoisotopic (exact) mass is 235 g/mol. The van der Waals surface area contributed by atoms with E-state index in [1.54, 1.807) is 0 Å². The molecule has 0 heterocycles. The smallest absolute Gasteiger partial charge is 0.305 e. The van der Waals surface area contributed by atoms with Gasteiger partial charge >= 0.3 is 5.97 Å². The van der Waals surface area contributed by atoms with Crippen molar-refractivity contribution in [2.24, 2.45) is 0 Å². The Bertz CT molecular complexity index is 333. The molecule has 0 unspecified atom stereocenters. The molecule has 0 aliphatic rings. The second kappa shape index (κ2) is 6.94. The van der Waals surface area contributed by atoms with Gasteiger partial charge in [0.15, 0.2) is 0 Å². The average molecular weight is 235 g/mol. The maximum Gasteiger partial charge on any atom is 0.305 e. The lowest BCUT2D eigenvalue weighted by Gasteiger charge is -2.32. The number of rotatable bonds is 7. The quantitative estimate of drug-likeness (QED) is 0.789. The topological polar surface area (TPSA) is 40.5 Å². The van der Waals surface area contributed by atoms with E-state index >= 15 is 0 Å². The predicted octanol–water partition coefficient (Wildman–Crippen LogP) is 3.16. The Kier molecular flexibility index (Phi) is 5.53. The molecule has 0 spiro atoms. The molecule has 94 valence electrons. The molecule has 3 heteroatoms. The van der Waals surface area contributed by atoms with E-state index in [0.29, 0.717) is 12.6 Å². The fourth-order valence-electron chi connectivity index (χ4n) is 2.09. The van der Waals surface area contributed by atoms with Crippen molar-refractivity contribution in [3.63, 3.8) is 0 Å². The van der Waals surface area contributed by atoms with Crippen molar-refractivity contribution in [3.8, 4) is 0 Å². The zero-order chi connectivity index (χ0) is 12.7. The third kappa shape index (κ3) is 4.10. The third-order valence-electron chi connectivity index (χ3n) is 3.04. The molecule has 0 radical (unpaired) electrons. The maximum atomic E-state index is 10.7. The molecule has 17 heavy (non-hydrogen) atoms. The number of nitrogens with zero attached hydrogens (tertiary/aromatic N) is 1. The van der Waals surface area contributed by atoms with Gasteiger partial charge in [0.1, 0.15) is 0 Å². The van der Waals surface area contributed by atoms with Gasteiger partial charge in [-0.25, -0.2) is 0 Å². The van der Waals surface area contributed by atoms with Gasteiger partial charge in [-0.05, 0) is 25.0 Å². The number of carboxylic acids is 1. The second-order valence-electron chi connectivity index (χ2n) is 4.14. The van der Waals surface area contributed by atoms with Crippen molar-refractivity contribution < 1.29 is 9.90 Å². The van der Waals surface area contributed by atoms with Crippen LogP contribution in [-0.4, -0.2) is 23.7 Å². The van der Waals surface area contributed by atoms with E-state index in [2.05, 4.69) is 18.7 Å². The minimum atomic E-state index is -0.739. The Labute approximate surface area is 103 Å². The third-order valence-corrected chi connectivity index (χ3v) is 3.04. The van der Waals surface area contributed by atoms with Crippen LogP contribution >= 0.6 is 0 Å². The summed E-state index contributed by atoms with van der Waals surface area (Å²) in [5.41, 5.74) is 1.11. The summed E-state index contributed by atoms with van der Waals surface area (Å²) in [5.74, 6) is -0.739. The molecule has 0 saturated heterocycles. The van der Waals surface area contributed by atoms with Crippen LogP contribution in [0.5, 0.6) is 0 Å². The Morgan fingerprint density at radius 3 is 2.29 bits per heavy atom. The number of aliphatic carboxylic acids is 1. The molecule has 0 aromatic heterocycles. The molecule has 0 atom stereocenters. The van der Waals surface area contributed by atoms with Crippen LogP contribution in [0.15, 0.2) is 30.3 Å². The van der Waals surface area contributed by atoms with E-state index < -0.39 is 5.97 Å². The van der Waals surface area contributed by atoms with Crippen LogP contribution in [0.4, 0.5) is 5.69 Å². The van der Waals surface area contributed by atoms with Gasteiger partial charge in [0, 0.05) is 18.3 Å². The number of carboxylic acid groups (broad SMARTS) is 1. The minimum Gasteiger partial charge on any atom is -0.481 e. The maximum absolute atomic E-state index is 10.7. The molecule has 0 amide bonds. The Morgan fingerprint density at radius 2 is 1.82 bits per heavy atom. The van der Waals surface area contributed by atoms with E-state index in [9.17, 15) is 4.79 Å². The zero-order valence-electron chi connectivity index (χ0n) is 10.6. The summed E-state index contributed by atoms with van der Waals surface area (Å²) in [4.78, 5) is 12.9. The summed E-state index contributed by atoms with van der Waals surface area (Å²) in [6, 6.07) is 10.5. The fraction of sp³-hybridized carbons (Fsp3) is 0.500. The number of hydrogen-bond acceptors (Lipinski definition) is 2. The van der Waals surface area contributed by atoms with Gasteiger partial charge in [-0.15, -0.1) is 0 Å². The van der Waals surface area contributed by atoms with Crippen LogP contribution in [0, 0.1) is 0 Å². The highest BCUT2D eigenvalue weighted by atomic mass is 16.4. The molecule has 0 aliphatic heterocycles. The highest BCUT2D eigenvalue weighted by molar-refractivity contribution is 5.67. The summed E-state index contributed by atoms with van der Waals surface area (Å²) in [5, 5.41) is 8.81. The van der Waals surface area contributed by atoms with Crippen LogP contribution in [0.3, 0.4) is 0 Å². The number of anilines is 1. The highest BCUT2D eigenvalue weighted by Gasteiger charge is 2.16. The Balaban J connectivity index is 2.81. The predicted molar refractivity (Wildman–Crippen MR) is 70.4 cm³/mol. The summed E-state index contributed by atoms with van der Waals surface area (Å²) in [6.45, 7) is 4.86. The SMILES string of the molecule is CCC(CC)N(CCC(=O)O)c1ccccc1. The van der Waals surface area contributed by atoms with Crippen molar-refractivity contribution in [2.75, 3.05) is 11.4 Å². The van der Waals surface area contributed by atoms with Crippen molar-refractivity contribution in [2.45, 2.75) is 39.2 Å². The van der Waals surface area contributed by atoms with Gasteiger partial charge in [0.25, 0.3) is 0 Å². The first-order valence-corrected chi connectivity index (χ1v) is 6.22. The second-order valence-corrected chi connectivity index (χ2v) is 4.14. The standard InChI is InChI=1S/C14H21NO2/c1-3-12(4-2)15(11-10-14(16)17)13-8-6-5-7-9-13/h5-9,12H,3-4,10-11H2,1-2H3,(H,16,17). The van der Waals surface area contributed by atoms with Crippen molar-refractivity contribution in [1.82, 2.24) is 0 Å². The van der Waals surface area contributed by atoms with Crippen molar-refractivity contribution in [1.29, 1.82) is 0 Å². The molecule has 1 N–H and O–H groups in total. The fourth-order valence-corrected chi connectivity index (χ4v) is 2.09. The normalized spacial score (nSPS) is 10.5. The van der Waals surface area contributed by atoms with Gasteiger partial charge in [0.2, 0.25) is 0 Å². The van der Waals surface area contributed by atoms with Gasteiger partial charge in [-0.2, -0.15) is 0 Å². The molecule has 0 aliphatic carbocycles. The molecule has 1 aromatic rings. The Hall–Kier alpha value is -1.51. The van der Waals surface area contributed by atoms with Crippen LogP contribution in [0.1, 0.15) is 33.1 Å². The molecular formula is C14H21NO2. The van der Waals surface area contributed by atoms with E-state index in [4.69, 9.17) is 5.11 Å². The summed E-state index contributed by atoms with van der Waals surface area (Å²) < 4.78 is 0. The van der Waals surface area contributed by atoms with E-state index in [1.165, 1.54) is 0 Å².